The van der Waals surface area contributed by atoms with Gasteiger partial charge in [0.25, 0.3) is 0 Å². The summed E-state index contributed by atoms with van der Waals surface area (Å²) in [6.45, 7) is 6.23. The third-order valence-corrected chi connectivity index (χ3v) is 7.88. The van der Waals surface area contributed by atoms with Gasteiger partial charge in [0.05, 0.1) is 11.8 Å². The molecule has 1 aliphatic heterocycles. The van der Waals surface area contributed by atoms with Crippen molar-refractivity contribution in [1.29, 1.82) is 0 Å². The first-order chi connectivity index (χ1) is 22.0. The Kier molecular flexibility index (Phi) is 13.4. The lowest BCUT2D eigenvalue weighted by molar-refractivity contribution is -0.755. The Balaban J connectivity index is 1.29. The molecule has 10 nitrogen and oxygen atoms in total. The molecule has 2 heterocycles. The second-order valence-electron chi connectivity index (χ2n) is 11.6. The van der Waals surface area contributed by atoms with E-state index in [-0.39, 0.29) is 38.6 Å². The number of carbonyl (C=O) groups is 3. The summed E-state index contributed by atoms with van der Waals surface area (Å²) in [5.74, 6) is -0.899. The Labute approximate surface area is 266 Å². The van der Waals surface area contributed by atoms with Gasteiger partial charge in [0.2, 0.25) is 0 Å². The molecule has 1 aliphatic rings. The maximum atomic E-state index is 13.1. The highest BCUT2D eigenvalue weighted by molar-refractivity contribution is 5.82. The highest BCUT2D eigenvalue weighted by Crippen LogP contribution is 2.24. The number of esters is 2. The number of ether oxygens (including phenoxy) is 3. The second kappa shape index (κ2) is 17.9. The summed E-state index contributed by atoms with van der Waals surface area (Å²) in [4.78, 5) is 40.3. The molecule has 1 aromatic heterocycles. The van der Waals surface area contributed by atoms with E-state index in [0.29, 0.717) is 6.42 Å². The van der Waals surface area contributed by atoms with E-state index in [4.69, 9.17) is 19.4 Å². The zero-order valence-corrected chi connectivity index (χ0v) is 26.6. The molecule has 0 aliphatic carbocycles. The summed E-state index contributed by atoms with van der Waals surface area (Å²) < 4.78 is 20.9. The van der Waals surface area contributed by atoms with E-state index in [1.165, 1.54) is 10.6 Å². The molecule has 0 spiro atoms. The van der Waals surface area contributed by atoms with Crippen molar-refractivity contribution in [2.75, 3.05) is 6.54 Å². The summed E-state index contributed by atoms with van der Waals surface area (Å²) >= 11 is 0. The number of unbranched alkanes of at least 4 members (excludes halogenated alkanes) is 3. The molecule has 10 heteroatoms. The van der Waals surface area contributed by atoms with E-state index in [1.807, 2.05) is 65.3 Å². The van der Waals surface area contributed by atoms with Gasteiger partial charge in [-0.25, -0.2) is 9.59 Å². The fourth-order valence-corrected chi connectivity index (χ4v) is 5.34. The average molecular weight is 620 g/mol. The molecular formula is C35H47N4O6+. The van der Waals surface area contributed by atoms with Crippen LogP contribution in [0.1, 0.15) is 82.0 Å². The summed E-state index contributed by atoms with van der Waals surface area (Å²) in [6.07, 6.45) is 8.18. The molecular weight excluding hydrogens is 572 g/mol. The van der Waals surface area contributed by atoms with Gasteiger partial charge in [-0.3, -0.25) is 9.69 Å². The number of aromatic nitrogens is 3. The van der Waals surface area contributed by atoms with Crippen LogP contribution in [0.3, 0.4) is 0 Å². The molecule has 0 bridgehead atoms. The van der Waals surface area contributed by atoms with Crippen LogP contribution in [0.25, 0.3) is 0 Å². The Morgan fingerprint density at radius 3 is 2.20 bits per heavy atom. The number of hydrogen-bond donors (Lipinski definition) is 0. The third kappa shape index (κ3) is 10.7. The van der Waals surface area contributed by atoms with E-state index in [0.717, 1.165) is 62.7 Å². The van der Waals surface area contributed by atoms with Crippen LogP contribution in [-0.4, -0.2) is 51.5 Å². The van der Waals surface area contributed by atoms with E-state index >= 15 is 0 Å². The zero-order chi connectivity index (χ0) is 31.9. The maximum absolute atomic E-state index is 13.1. The van der Waals surface area contributed by atoms with Crippen molar-refractivity contribution >= 4 is 18.0 Å². The molecule has 0 saturated carbocycles. The van der Waals surface area contributed by atoms with Crippen molar-refractivity contribution in [2.24, 2.45) is 0 Å². The topological polar surface area (TPSA) is 104 Å². The molecule has 3 aromatic rings. The highest BCUT2D eigenvalue weighted by atomic mass is 16.6. The van der Waals surface area contributed by atoms with Crippen LogP contribution in [0.5, 0.6) is 0 Å². The molecule has 0 N–H and O–H groups in total. The lowest BCUT2D eigenvalue weighted by Gasteiger charge is -2.22. The van der Waals surface area contributed by atoms with E-state index in [2.05, 4.69) is 24.7 Å². The predicted molar refractivity (Wildman–Crippen MR) is 168 cm³/mol. The van der Waals surface area contributed by atoms with Crippen LogP contribution >= 0.6 is 0 Å². The Morgan fingerprint density at radius 2 is 1.53 bits per heavy atom. The molecule has 242 valence electrons. The lowest BCUT2D eigenvalue weighted by atomic mass is 10.2. The van der Waals surface area contributed by atoms with Crippen molar-refractivity contribution in [2.45, 2.75) is 110 Å². The zero-order valence-electron chi connectivity index (χ0n) is 26.6. The lowest BCUT2D eigenvalue weighted by Crippen LogP contribution is -2.41. The first kappa shape index (κ1) is 33.7. The average Bonchev–Trinajstić information content (AvgIpc) is 3.67. The molecule has 2 atom stereocenters. The van der Waals surface area contributed by atoms with Crippen LogP contribution in [0, 0.1) is 0 Å². The first-order valence-corrected chi connectivity index (χ1v) is 16.3. The van der Waals surface area contributed by atoms with Gasteiger partial charge in [0.15, 0.2) is 11.9 Å². The van der Waals surface area contributed by atoms with Gasteiger partial charge in [0, 0.05) is 19.3 Å². The number of rotatable bonds is 17. The number of hydrogen-bond acceptors (Lipinski definition) is 7. The molecule has 1 fully saturated rings. The highest BCUT2D eigenvalue weighted by Gasteiger charge is 2.43. The van der Waals surface area contributed by atoms with Gasteiger partial charge in [-0.05, 0) is 36.8 Å². The van der Waals surface area contributed by atoms with Crippen LogP contribution in [0.4, 0.5) is 4.79 Å². The minimum Gasteiger partial charge on any atom is -0.460 e. The third-order valence-electron chi connectivity index (χ3n) is 7.88. The van der Waals surface area contributed by atoms with Gasteiger partial charge in [-0.2, -0.15) is 0 Å². The van der Waals surface area contributed by atoms with Crippen LogP contribution in [-0.2, 0) is 56.5 Å². The summed E-state index contributed by atoms with van der Waals surface area (Å²) in [7, 11) is 0. The van der Waals surface area contributed by atoms with Crippen molar-refractivity contribution in [1.82, 2.24) is 14.8 Å². The van der Waals surface area contributed by atoms with Gasteiger partial charge >= 0.3 is 18.0 Å². The van der Waals surface area contributed by atoms with Crippen LogP contribution in [0.2, 0.25) is 0 Å². The first-order valence-electron chi connectivity index (χ1n) is 16.3. The standard InChI is InChI=1S/C35H47N4O6/c1-3-5-19-30-24-37(21-6-4-2)36-39(30)22-14-13-20-33(40)45-31-23-32(34(41)43-26-28-15-9-7-10-16-28)38(25-31)35(42)44-27-29-17-11-8-12-18-29/h7-12,15-18,24,31-32H,3-6,13-14,19-23,25-27H2,1-2H3/q+1/t31-,32+/m1/s1. The minimum atomic E-state index is -0.907. The molecule has 1 amide bonds. The van der Waals surface area contributed by atoms with E-state index in [1.54, 1.807) is 0 Å². The smallest absolute Gasteiger partial charge is 0.410 e. The largest absolute Gasteiger partial charge is 0.460 e. The Bertz CT molecular complexity index is 1280. The molecule has 2 aromatic carbocycles. The van der Waals surface area contributed by atoms with E-state index < -0.39 is 24.2 Å². The van der Waals surface area contributed by atoms with Crippen molar-refractivity contribution in [3.63, 3.8) is 0 Å². The van der Waals surface area contributed by atoms with Gasteiger partial charge in [-0.15, -0.1) is 9.36 Å². The summed E-state index contributed by atoms with van der Waals surface area (Å²) in [5.41, 5.74) is 2.90. The SMILES string of the molecule is CCCCc1c[n+](CCCC)nn1CCCCC(=O)O[C@@H]1C[C@@H](C(=O)OCc2ccccc2)N(C(=O)OCc2ccccc2)C1. The fraction of sp³-hybridized carbons (Fsp3) is 0.514. The van der Waals surface area contributed by atoms with E-state index in [9.17, 15) is 14.4 Å². The molecule has 45 heavy (non-hydrogen) atoms. The number of aryl methyl sites for hydroxylation is 3. The second-order valence-corrected chi connectivity index (χ2v) is 11.6. The van der Waals surface area contributed by atoms with Gasteiger partial charge in [-0.1, -0.05) is 87.4 Å². The Morgan fingerprint density at radius 1 is 0.867 bits per heavy atom. The number of likely N-dealkylation sites (tertiary alicyclic amines) is 1. The van der Waals surface area contributed by atoms with Gasteiger partial charge in [0.1, 0.15) is 38.4 Å². The number of amides is 1. The number of benzene rings is 2. The normalized spacial score (nSPS) is 16.0. The summed E-state index contributed by atoms with van der Waals surface area (Å²) in [5, 5.41) is 4.74. The molecule has 0 radical (unpaired) electrons. The van der Waals surface area contributed by atoms with Gasteiger partial charge < -0.3 is 14.2 Å². The van der Waals surface area contributed by atoms with Crippen molar-refractivity contribution < 1.29 is 33.3 Å². The Hall–Kier alpha value is -4.21. The van der Waals surface area contributed by atoms with Crippen molar-refractivity contribution in [3.05, 3.63) is 83.7 Å². The van der Waals surface area contributed by atoms with Crippen LogP contribution in [0.15, 0.2) is 66.9 Å². The predicted octanol–water partition coefficient (Wildman–Crippen LogP) is 5.55. The quantitative estimate of drug-likeness (QED) is 0.0845. The van der Waals surface area contributed by atoms with Crippen molar-refractivity contribution in [3.8, 4) is 0 Å². The maximum Gasteiger partial charge on any atom is 0.410 e. The summed E-state index contributed by atoms with van der Waals surface area (Å²) in [6, 6.07) is 17.8. The number of nitrogens with zero attached hydrogens (tertiary/aromatic N) is 4. The minimum absolute atomic E-state index is 0.0658. The fourth-order valence-electron chi connectivity index (χ4n) is 5.34. The molecule has 0 unspecified atom stereocenters. The molecule has 1 saturated heterocycles. The monoisotopic (exact) mass is 619 g/mol. The number of carbonyl (C=O) groups excluding carboxylic acids is 3. The molecule has 4 rings (SSSR count). The van der Waals surface area contributed by atoms with Crippen LogP contribution < -0.4 is 4.68 Å².